The molecular weight excluding hydrogens is 292 g/mol. The van der Waals surface area contributed by atoms with E-state index in [2.05, 4.69) is 4.98 Å². The van der Waals surface area contributed by atoms with Crippen LogP contribution in [-0.2, 0) is 4.79 Å². The van der Waals surface area contributed by atoms with Crippen LogP contribution in [0.2, 0.25) is 0 Å². The first-order chi connectivity index (χ1) is 11.2. The number of para-hydroxylation sites is 1. The second-order valence-electron chi connectivity index (χ2n) is 5.64. The van der Waals surface area contributed by atoms with E-state index in [0.29, 0.717) is 31.9 Å². The molecule has 1 aliphatic heterocycles. The minimum atomic E-state index is -0.0447. The molecule has 1 aliphatic rings. The van der Waals surface area contributed by atoms with Crippen molar-refractivity contribution in [2.45, 2.75) is 13.3 Å². The number of benzene rings is 1. The van der Waals surface area contributed by atoms with Crippen molar-refractivity contribution in [1.29, 1.82) is 0 Å². The number of imidazole rings is 1. The van der Waals surface area contributed by atoms with Gasteiger partial charge in [0, 0.05) is 38.8 Å². The molecule has 0 spiro atoms. The monoisotopic (exact) mass is 312 g/mol. The fourth-order valence-corrected chi connectivity index (χ4v) is 2.85. The van der Waals surface area contributed by atoms with Gasteiger partial charge in [-0.25, -0.2) is 4.98 Å². The molecular formula is C17H20N4O2. The zero-order chi connectivity index (χ0) is 16.2. The molecule has 0 radical (unpaired) electrons. The van der Waals surface area contributed by atoms with Crippen LogP contribution in [-0.4, -0.2) is 57.3 Å². The van der Waals surface area contributed by atoms with Crippen LogP contribution in [0.15, 0.2) is 42.9 Å². The van der Waals surface area contributed by atoms with Crippen molar-refractivity contribution in [3.05, 3.63) is 48.5 Å². The number of hydrogen-bond donors (Lipinski definition) is 0. The Morgan fingerprint density at radius 1 is 1.00 bits per heavy atom. The molecule has 23 heavy (non-hydrogen) atoms. The second-order valence-corrected chi connectivity index (χ2v) is 5.64. The van der Waals surface area contributed by atoms with Crippen LogP contribution < -0.4 is 0 Å². The Hall–Kier alpha value is -2.63. The lowest BCUT2D eigenvalue weighted by atomic mass is 10.3. The summed E-state index contributed by atoms with van der Waals surface area (Å²) in [6.45, 7) is 4.07. The summed E-state index contributed by atoms with van der Waals surface area (Å²) in [5.74, 6) is 0.0189. The number of carbonyl (C=O) groups is 2. The van der Waals surface area contributed by atoms with E-state index in [1.807, 2.05) is 30.3 Å². The molecule has 1 aromatic heterocycles. The van der Waals surface area contributed by atoms with Crippen LogP contribution >= 0.6 is 0 Å². The number of rotatable bonds is 2. The summed E-state index contributed by atoms with van der Waals surface area (Å²) in [5, 5.41) is 0. The van der Waals surface area contributed by atoms with Gasteiger partial charge in [-0.05, 0) is 18.6 Å². The quantitative estimate of drug-likeness (QED) is 0.846. The highest BCUT2D eigenvalue weighted by Gasteiger charge is 2.23. The van der Waals surface area contributed by atoms with Crippen LogP contribution in [0.3, 0.4) is 0 Å². The molecule has 6 nitrogen and oxygen atoms in total. The molecule has 6 heteroatoms. The van der Waals surface area contributed by atoms with E-state index in [1.54, 1.807) is 33.8 Å². The minimum Gasteiger partial charge on any atom is -0.341 e. The number of amides is 2. The summed E-state index contributed by atoms with van der Waals surface area (Å²) < 4.78 is 1.80. The molecule has 2 amide bonds. The number of hydrogen-bond acceptors (Lipinski definition) is 3. The van der Waals surface area contributed by atoms with Crippen molar-refractivity contribution in [3.8, 4) is 5.69 Å². The van der Waals surface area contributed by atoms with Gasteiger partial charge in [0.25, 0.3) is 5.91 Å². The third kappa shape index (κ3) is 3.26. The van der Waals surface area contributed by atoms with Gasteiger partial charge in [-0.2, -0.15) is 0 Å². The molecule has 2 aromatic rings. The molecule has 0 N–H and O–H groups in total. The summed E-state index contributed by atoms with van der Waals surface area (Å²) in [6, 6.07) is 9.68. The molecule has 1 fully saturated rings. The Bertz CT molecular complexity index is 696. The normalized spacial score (nSPS) is 15.3. The lowest BCUT2D eigenvalue weighted by molar-refractivity contribution is -0.128. The fourth-order valence-electron chi connectivity index (χ4n) is 2.85. The largest absolute Gasteiger partial charge is 0.341 e. The van der Waals surface area contributed by atoms with Crippen molar-refractivity contribution in [3.63, 3.8) is 0 Å². The van der Waals surface area contributed by atoms with Crippen LogP contribution in [0.5, 0.6) is 0 Å². The Balaban J connectivity index is 1.79. The van der Waals surface area contributed by atoms with Crippen molar-refractivity contribution in [1.82, 2.24) is 19.4 Å². The van der Waals surface area contributed by atoms with E-state index in [0.717, 1.165) is 12.1 Å². The summed E-state index contributed by atoms with van der Waals surface area (Å²) in [4.78, 5) is 32.1. The predicted molar refractivity (Wildman–Crippen MR) is 86.3 cm³/mol. The molecule has 0 aliphatic carbocycles. The van der Waals surface area contributed by atoms with Gasteiger partial charge in [0.2, 0.25) is 5.91 Å². The lowest BCUT2D eigenvalue weighted by Crippen LogP contribution is -2.37. The van der Waals surface area contributed by atoms with Crippen molar-refractivity contribution in [2.75, 3.05) is 26.2 Å². The van der Waals surface area contributed by atoms with Gasteiger partial charge in [0.15, 0.2) is 0 Å². The minimum absolute atomic E-state index is 0.0447. The molecule has 1 aromatic carbocycles. The topological polar surface area (TPSA) is 58.4 Å². The Morgan fingerprint density at radius 3 is 2.43 bits per heavy atom. The zero-order valence-electron chi connectivity index (χ0n) is 13.2. The fraction of sp³-hybridized carbons (Fsp3) is 0.353. The summed E-state index contributed by atoms with van der Waals surface area (Å²) >= 11 is 0. The third-order valence-corrected chi connectivity index (χ3v) is 4.12. The SMILES string of the molecule is CC(=O)N1CCCN(C(=O)c2cncn2-c2ccccc2)CC1. The van der Waals surface area contributed by atoms with Gasteiger partial charge in [-0.1, -0.05) is 18.2 Å². The highest BCUT2D eigenvalue weighted by Crippen LogP contribution is 2.14. The first kappa shape index (κ1) is 15.3. The number of aromatic nitrogens is 2. The van der Waals surface area contributed by atoms with E-state index in [1.165, 1.54) is 0 Å². The number of carbonyl (C=O) groups excluding carboxylic acids is 2. The van der Waals surface area contributed by atoms with Gasteiger partial charge in [-0.3, -0.25) is 14.2 Å². The Morgan fingerprint density at radius 2 is 1.70 bits per heavy atom. The van der Waals surface area contributed by atoms with Crippen molar-refractivity contribution < 1.29 is 9.59 Å². The van der Waals surface area contributed by atoms with Crippen LogP contribution in [0, 0.1) is 0 Å². The molecule has 120 valence electrons. The molecule has 0 unspecified atom stereocenters. The van der Waals surface area contributed by atoms with E-state index in [-0.39, 0.29) is 11.8 Å². The lowest BCUT2D eigenvalue weighted by Gasteiger charge is -2.21. The maximum absolute atomic E-state index is 12.8. The summed E-state index contributed by atoms with van der Waals surface area (Å²) in [6.07, 6.45) is 4.05. The maximum Gasteiger partial charge on any atom is 0.272 e. The molecule has 0 bridgehead atoms. The first-order valence-electron chi connectivity index (χ1n) is 7.79. The van der Waals surface area contributed by atoms with Gasteiger partial charge in [-0.15, -0.1) is 0 Å². The van der Waals surface area contributed by atoms with E-state index in [4.69, 9.17) is 0 Å². The Labute approximate surface area is 135 Å². The van der Waals surface area contributed by atoms with Crippen LogP contribution in [0.4, 0.5) is 0 Å². The van der Waals surface area contributed by atoms with Crippen molar-refractivity contribution >= 4 is 11.8 Å². The highest BCUT2D eigenvalue weighted by molar-refractivity contribution is 5.93. The van der Waals surface area contributed by atoms with Crippen molar-refractivity contribution in [2.24, 2.45) is 0 Å². The molecule has 3 rings (SSSR count). The molecule has 0 saturated carbocycles. The summed E-state index contributed by atoms with van der Waals surface area (Å²) in [5.41, 5.74) is 1.46. The van der Waals surface area contributed by atoms with Crippen LogP contribution in [0.25, 0.3) is 5.69 Å². The smallest absolute Gasteiger partial charge is 0.272 e. The molecule has 1 saturated heterocycles. The van der Waals surface area contributed by atoms with Gasteiger partial charge in [0.1, 0.15) is 5.69 Å². The first-order valence-corrected chi connectivity index (χ1v) is 7.79. The van der Waals surface area contributed by atoms with E-state index in [9.17, 15) is 9.59 Å². The van der Waals surface area contributed by atoms with Crippen LogP contribution in [0.1, 0.15) is 23.8 Å². The third-order valence-electron chi connectivity index (χ3n) is 4.12. The standard InChI is InChI=1S/C17H20N4O2/c1-14(22)19-8-5-9-20(11-10-19)17(23)16-12-18-13-21(16)15-6-3-2-4-7-15/h2-4,6-7,12-13H,5,8-11H2,1H3. The Kier molecular flexibility index (Phi) is 4.41. The number of nitrogens with zero attached hydrogens (tertiary/aromatic N) is 4. The van der Waals surface area contributed by atoms with Gasteiger partial charge >= 0.3 is 0 Å². The zero-order valence-corrected chi connectivity index (χ0v) is 13.2. The maximum atomic E-state index is 12.8. The molecule has 2 heterocycles. The van der Waals surface area contributed by atoms with Gasteiger partial charge < -0.3 is 9.80 Å². The average molecular weight is 312 g/mol. The second kappa shape index (κ2) is 6.64. The van der Waals surface area contributed by atoms with E-state index >= 15 is 0 Å². The predicted octanol–water partition coefficient (Wildman–Crippen LogP) is 1.57. The summed E-state index contributed by atoms with van der Waals surface area (Å²) in [7, 11) is 0. The molecule has 0 atom stereocenters. The van der Waals surface area contributed by atoms with Gasteiger partial charge in [0.05, 0.1) is 12.5 Å². The highest BCUT2D eigenvalue weighted by atomic mass is 16.2. The average Bonchev–Trinajstić information content (AvgIpc) is 2.92. The van der Waals surface area contributed by atoms with E-state index < -0.39 is 0 Å².